The van der Waals surface area contributed by atoms with Crippen molar-refractivity contribution in [1.29, 1.82) is 0 Å². The molecule has 0 radical (unpaired) electrons. The molecule has 0 spiro atoms. The standard InChI is InChI=1S/C10H16BrNO2S/c11-9-5-12(2-3-14-6-9)10(13)8-1-4-15-7-8/h8-9H,1-7H2. The molecule has 0 bridgehead atoms. The van der Waals surface area contributed by atoms with Crippen LogP contribution in [0.3, 0.4) is 0 Å². The van der Waals surface area contributed by atoms with Crippen molar-refractivity contribution in [2.75, 3.05) is 37.8 Å². The number of alkyl halides is 1. The van der Waals surface area contributed by atoms with Gasteiger partial charge in [-0.25, -0.2) is 0 Å². The van der Waals surface area contributed by atoms with E-state index in [1.54, 1.807) is 0 Å². The Morgan fingerprint density at radius 3 is 3.13 bits per heavy atom. The zero-order valence-electron chi connectivity index (χ0n) is 8.65. The maximum absolute atomic E-state index is 12.1. The maximum atomic E-state index is 12.1. The van der Waals surface area contributed by atoms with Crippen LogP contribution in [-0.4, -0.2) is 53.4 Å². The molecule has 15 heavy (non-hydrogen) atoms. The molecule has 0 aromatic rings. The predicted octanol–water partition coefficient (Wildman–Crippen LogP) is 1.36. The Morgan fingerprint density at radius 1 is 1.53 bits per heavy atom. The first-order valence-electron chi connectivity index (χ1n) is 5.35. The van der Waals surface area contributed by atoms with Gasteiger partial charge in [0.25, 0.3) is 0 Å². The second-order valence-corrected chi connectivity index (χ2v) is 6.46. The minimum absolute atomic E-state index is 0.257. The van der Waals surface area contributed by atoms with Crippen LogP contribution in [0, 0.1) is 5.92 Å². The molecule has 2 heterocycles. The Hall–Kier alpha value is 0.260. The summed E-state index contributed by atoms with van der Waals surface area (Å²) < 4.78 is 5.40. The van der Waals surface area contributed by atoms with E-state index in [1.807, 2.05) is 16.7 Å². The van der Waals surface area contributed by atoms with Crippen LogP contribution in [0.4, 0.5) is 0 Å². The second-order valence-electron chi connectivity index (χ2n) is 4.02. The minimum Gasteiger partial charge on any atom is -0.378 e. The third kappa shape index (κ3) is 3.11. The monoisotopic (exact) mass is 293 g/mol. The quantitative estimate of drug-likeness (QED) is 0.684. The minimum atomic E-state index is 0.257. The fraction of sp³-hybridized carbons (Fsp3) is 0.900. The lowest BCUT2D eigenvalue weighted by Crippen LogP contribution is -2.40. The molecule has 0 N–H and O–H groups in total. The Bertz CT molecular complexity index is 233. The van der Waals surface area contributed by atoms with Crippen LogP contribution in [-0.2, 0) is 9.53 Å². The number of hydrogen-bond donors (Lipinski definition) is 0. The number of thioether (sulfide) groups is 1. The molecule has 0 saturated carbocycles. The average molecular weight is 294 g/mol. The van der Waals surface area contributed by atoms with Crippen LogP contribution in [0.2, 0.25) is 0 Å². The third-order valence-electron chi connectivity index (χ3n) is 2.81. The Balaban J connectivity index is 1.92. The first kappa shape index (κ1) is 11.7. The van der Waals surface area contributed by atoms with Crippen molar-refractivity contribution in [3.05, 3.63) is 0 Å². The third-order valence-corrected chi connectivity index (χ3v) is 4.53. The normalized spacial score (nSPS) is 32.7. The number of hydrogen-bond acceptors (Lipinski definition) is 3. The number of halogens is 1. The van der Waals surface area contributed by atoms with Crippen molar-refractivity contribution in [2.24, 2.45) is 5.92 Å². The van der Waals surface area contributed by atoms with E-state index in [1.165, 1.54) is 0 Å². The molecule has 0 aliphatic carbocycles. The van der Waals surface area contributed by atoms with Crippen molar-refractivity contribution < 1.29 is 9.53 Å². The summed E-state index contributed by atoms with van der Waals surface area (Å²) in [6.07, 6.45) is 1.05. The van der Waals surface area contributed by atoms with E-state index in [0.29, 0.717) is 19.1 Å². The molecule has 2 aliphatic rings. The van der Waals surface area contributed by atoms with Gasteiger partial charge in [0.2, 0.25) is 5.91 Å². The van der Waals surface area contributed by atoms with E-state index in [-0.39, 0.29) is 10.7 Å². The zero-order chi connectivity index (χ0) is 10.7. The Kier molecular flexibility index (Phi) is 4.34. The van der Waals surface area contributed by atoms with Crippen LogP contribution >= 0.6 is 27.7 Å². The highest BCUT2D eigenvalue weighted by molar-refractivity contribution is 9.09. The average Bonchev–Trinajstić information content (AvgIpc) is 2.67. The van der Waals surface area contributed by atoms with E-state index < -0.39 is 0 Å². The number of carbonyl (C=O) groups is 1. The van der Waals surface area contributed by atoms with Gasteiger partial charge in [0.05, 0.1) is 18.0 Å². The Morgan fingerprint density at radius 2 is 2.40 bits per heavy atom. The van der Waals surface area contributed by atoms with Crippen molar-refractivity contribution in [3.63, 3.8) is 0 Å². The molecule has 86 valence electrons. The summed E-state index contributed by atoms with van der Waals surface area (Å²) in [5, 5.41) is 0. The van der Waals surface area contributed by atoms with Gasteiger partial charge in [-0.3, -0.25) is 4.79 Å². The number of amides is 1. The highest BCUT2D eigenvalue weighted by Crippen LogP contribution is 2.25. The van der Waals surface area contributed by atoms with Gasteiger partial charge in [-0.1, -0.05) is 15.9 Å². The van der Waals surface area contributed by atoms with E-state index in [0.717, 1.165) is 31.0 Å². The lowest BCUT2D eigenvalue weighted by molar-refractivity contribution is -0.134. The van der Waals surface area contributed by atoms with Crippen LogP contribution in [0.1, 0.15) is 6.42 Å². The molecule has 0 aromatic heterocycles. The van der Waals surface area contributed by atoms with Crippen molar-refractivity contribution in [1.82, 2.24) is 4.90 Å². The van der Waals surface area contributed by atoms with E-state index in [4.69, 9.17) is 4.74 Å². The summed E-state index contributed by atoms with van der Waals surface area (Å²) in [4.78, 5) is 14.4. The SMILES string of the molecule is O=C(C1CCSC1)N1CCOCC(Br)C1. The fourth-order valence-corrected chi connectivity index (χ4v) is 3.70. The van der Waals surface area contributed by atoms with Gasteiger partial charge < -0.3 is 9.64 Å². The molecule has 2 unspecified atom stereocenters. The smallest absolute Gasteiger partial charge is 0.226 e. The van der Waals surface area contributed by atoms with Gasteiger partial charge in [0.15, 0.2) is 0 Å². The molecule has 3 nitrogen and oxygen atoms in total. The lowest BCUT2D eigenvalue weighted by Gasteiger charge is -2.24. The molecule has 1 amide bonds. The van der Waals surface area contributed by atoms with Gasteiger partial charge in [-0.05, 0) is 12.2 Å². The van der Waals surface area contributed by atoms with Crippen LogP contribution in [0.15, 0.2) is 0 Å². The molecule has 2 saturated heterocycles. The summed E-state index contributed by atoms with van der Waals surface area (Å²) in [6, 6.07) is 0. The molecule has 0 aromatic carbocycles. The molecule has 2 atom stereocenters. The summed E-state index contributed by atoms with van der Waals surface area (Å²) in [5.41, 5.74) is 0. The highest BCUT2D eigenvalue weighted by Gasteiger charge is 2.29. The van der Waals surface area contributed by atoms with E-state index in [2.05, 4.69) is 15.9 Å². The fourth-order valence-electron chi connectivity index (χ4n) is 1.96. The summed E-state index contributed by atoms with van der Waals surface area (Å²) in [5.74, 6) is 2.73. The van der Waals surface area contributed by atoms with Crippen LogP contribution < -0.4 is 0 Å². The van der Waals surface area contributed by atoms with Crippen molar-refractivity contribution >= 4 is 33.6 Å². The van der Waals surface area contributed by atoms with Gasteiger partial charge in [0, 0.05) is 24.8 Å². The van der Waals surface area contributed by atoms with Gasteiger partial charge in [-0.2, -0.15) is 11.8 Å². The molecule has 2 aliphatic heterocycles. The molecular weight excluding hydrogens is 278 g/mol. The first-order valence-corrected chi connectivity index (χ1v) is 7.43. The van der Waals surface area contributed by atoms with Crippen molar-refractivity contribution in [2.45, 2.75) is 11.2 Å². The van der Waals surface area contributed by atoms with Crippen LogP contribution in [0.5, 0.6) is 0 Å². The predicted molar refractivity (Wildman–Crippen MR) is 65.5 cm³/mol. The van der Waals surface area contributed by atoms with E-state index in [9.17, 15) is 4.79 Å². The van der Waals surface area contributed by atoms with Gasteiger partial charge in [0.1, 0.15) is 0 Å². The number of carbonyl (C=O) groups excluding carboxylic acids is 1. The van der Waals surface area contributed by atoms with Gasteiger partial charge in [-0.15, -0.1) is 0 Å². The molecule has 2 rings (SSSR count). The molecule has 5 heteroatoms. The number of rotatable bonds is 1. The highest BCUT2D eigenvalue weighted by atomic mass is 79.9. The van der Waals surface area contributed by atoms with Gasteiger partial charge >= 0.3 is 0 Å². The molecular formula is C10H16BrNO2S. The largest absolute Gasteiger partial charge is 0.378 e. The van der Waals surface area contributed by atoms with Crippen molar-refractivity contribution in [3.8, 4) is 0 Å². The first-order chi connectivity index (χ1) is 7.27. The summed E-state index contributed by atoms with van der Waals surface area (Å²) in [6.45, 7) is 2.93. The lowest BCUT2D eigenvalue weighted by atomic mass is 10.1. The number of nitrogens with zero attached hydrogens (tertiary/aromatic N) is 1. The maximum Gasteiger partial charge on any atom is 0.226 e. The summed E-state index contributed by atoms with van der Waals surface area (Å²) >= 11 is 5.42. The number of ether oxygens (including phenoxy) is 1. The van der Waals surface area contributed by atoms with Crippen LogP contribution in [0.25, 0.3) is 0 Å². The Labute approximate surface area is 103 Å². The zero-order valence-corrected chi connectivity index (χ0v) is 11.1. The second kappa shape index (κ2) is 5.55. The molecule has 2 fully saturated rings. The summed E-state index contributed by atoms with van der Waals surface area (Å²) in [7, 11) is 0. The van der Waals surface area contributed by atoms with E-state index >= 15 is 0 Å². The topological polar surface area (TPSA) is 29.5 Å².